The van der Waals surface area contributed by atoms with Gasteiger partial charge in [-0.05, 0) is 127 Å². The van der Waals surface area contributed by atoms with Crippen molar-refractivity contribution in [1.29, 1.82) is 0 Å². The minimum Gasteiger partial charge on any atom is -0.480 e. The van der Waals surface area contributed by atoms with Crippen molar-refractivity contribution in [2.24, 2.45) is 11.8 Å². The number of carbonyl (C=O) groups is 8. The summed E-state index contributed by atoms with van der Waals surface area (Å²) in [5.74, 6) is -0.667. The Balaban J connectivity index is 0.00000101. The number of aliphatic carboxylic acids is 1. The van der Waals surface area contributed by atoms with Crippen molar-refractivity contribution in [3.05, 3.63) is 232 Å². The molecule has 0 radical (unpaired) electrons. The standard InChI is InChI=1S/C40H53N5O5S2.C36H45N5O5S2.C16H27N3O4S.2CH4.CH3.I2.HI.K/c1-28(2)37-42-33(26-51-37)23-45(6)38(47)44-35(25-50-40(3,4)5)36(46)21-31(19-29-13-9-7-10-14-29)17-18-32(20-30-15-11-8-12-16-30)43-39(48)49-24-34-22-41-27-52-34;1-25(2)34-38-30(23-47-34)20-41(3)35(44)40-32(21-42)33(43)18-28(16-26-10-6-4-7-11-26)14-15-29(17-27-12-8-5-9-13-27)39-36(45)46-22-31-19-37-24-48-31;1-10(2)13-17-11(9-24-13)7-19(6)15(22)18-12(14(20)21)8-23-16(3,4)5;;;;1-2;;/h7-16,22,26-28,31-32,35H,17-21,23-25H2,1-6H3,(H,43,48)(H,44,47);4-13,19,23-25,28-29,32,42H,14-18,20-22H2,1-3H3,(H,39,45)(H,40,44);9-10,12H,7-8H2,1-6H3,(H,18,22)(H,20,21);2*1H4;1H3;;1H;/q;;;;;-1;;;+1/t31-,32-,35+;28-,29-,32+;12-;;;;;;/m110....../s1. The number of carboxylic acids is 1. The number of amides is 8. The molecule has 0 aliphatic rings. The van der Waals surface area contributed by atoms with Crippen LogP contribution < -0.4 is 78.0 Å². The quantitative estimate of drug-likeness (QED) is 0.0106. The zero-order valence-electron chi connectivity index (χ0n) is 77.2. The number of ether oxygens (including phenoxy) is 4. The van der Waals surface area contributed by atoms with Gasteiger partial charge in [-0.2, -0.15) is 0 Å². The average Bonchev–Trinajstić information content (AvgIpc) is 1.85. The normalized spacial score (nSPS) is 12.5. The van der Waals surface area contributed by atoms with E-state index in [1.165, 1.54) is 32.5 Å². The number of aliphatic hydroxyl groups is 1. The number of rotatable bonds is 44. The number of hydrogen-bond acceptors (Lipinski definition) is 23. The molecule has 7 atom stereocenters. The number of alkyl carbamates (subject to hydrolysis) is 2. The van der Waals surface area contributed by atoms with Crippen molar-refractivity contribution >= 4 is 166 Å². The average molecular weight is 2270 g/mol. The molecule has 4 aromatic carbocycles. The summed E-state index contributed by atoms with van der Waals surface area (Å²) in [5, 5.41) is 42.5. The van der Waals surface area contributed by atoms with E-state index in [9.17, 15) is 48.6 Å². The fraction of sp³-hybridized carbons (Fsp3) is 0.495. The molecule has 0 unspecified atom stereocenters. The number of halogens is 3. The van der Waals surface area contributed by atoms with Crippen LogP contribution in [0, 0.1) is 19.3 Å². The number of nitrogens with zero attached hydrogens (tertiary/aromatic N) is 8. The Hall–Kier alpha value is -6.10. The van der Waals surface area contributed by atoms with Crippen LogP contribution >= 0.6 is 118 Å². The molecule has 0 aliphatic carbocycles. The number of thiazole rings is 5. The van der Waals surface area contributed by atoms with Gasteiger partial charge in [0, 0.05) is 130 Å². The summed E-state index contributed by atoms with van der Waals surface area (Å²) in [6.07, 6.45) is 7.78. The number of carbonyl (C=O) groups excluding carboxylic acids is 7. The molecule has 9 aromatic rings. The maximum absolute atomic E-state index is 14.1. The molecule has 0 saturated carbocycles. The van der Waals surface area contributed by atoms with E-state index in [-0.39, 0.29) is 178 Å². The molecule has 7 N–H and O–H groups in total. The number of hydrogen-bond donors (Lipinski definition) is 7. The van der Waals surface area contributed by atoms with Crippen molar-refractivity contribution in [2.45, 2.75) is 254 Å². The molecule has 5 heterocycles. The van der Waals surface area contributed by atoms with E-state index in [0.29, 0.717) is 88.8 Å². The molecule has 8 amide bonds. The van der Waals surface area contributed by atoms with E-state index in [4.69, 9.17) is 18.9 Å². The fourth-order valence-corrected chi connectivity index (χ4v) is 16.2. The molecule has 36 heteroatoms. The van der Waals surface area contributed by atoms with E-state index in [1.54, 1.807) is 83.5 Å². The summed E-state index contributed by atoms with van der Waals surface area (Å²) in [4.78, 5) is 131. The van der Waals surface area contributed by atoms with E-state index >= 15 is 0 Å². The van der Waals surface area contributed by atoms with E-state index < -0.39 is 66.2 Å². The van der Waals surface area contributed by atoms with Crippen LogP contribution in [0.5, 0.6) is 0 Å². The fourth-order valence-electron chi connectivity index (χ4n) is 12.7. The van der Waals surface area contributed by atoms with Crippen LogP contribution in [0.1, 0.15) is 218 Å². The Morgan fingerprint density at radius 3 is 1.02 bits per heavy atom. The molecule has 0 aliphatic heterocycles. The van der Waals surface area contributed by atoms with Gasteiger partial charge in [0.2, 0.25) is 0 Å². The summed E-state index contributed by atoms with van der Waals surface area (Å²) in [5.41, 5.74) is 9.18. The summed E-state index contributed by atoms with van der Waals surface area (Å²) >= 11 is 11.8. The number of ketones is 2. The van der Waals surface area contributed by atoms with Crippen molar-refractivity contribution in [2.75, 3.05) is 41.0 Å². The van der Waals surface area contributed by atoms with Crippen LogP contribution in [0.2, 0.25) is 0 Å². The largest absolute Gasteiger partial charge is 1.00 e. The molecule has 27 nitrogen and oxygen atoms in total. The molecule has 0 spiro atoms. The van der Waals surface area contributed by atoms with Crippen LogP contribution in [0.15, 0.2) is 161 Å². The number of benzene rings is 4. The van der Waals surface area contributed by atoms with Gasteiger partial charge < -0.3 is 77.9 Å². The third kappa shape index (κ3) is 49.5. The first-order valence-corrected chi connectivity index (χ1v) is 52.7. The van der Waals surface area contributed by atoms with E-state index in [1.807, 2.05) is 167 Å². The Kier molecular flexibility index (Phi) is 61.5. The van der Waals surface area contributed by atoms with Gasteiger partial charge in [0.25, 0.3) is 0 Å². The predicted octanol–water partition coefficient (Wildman–Crippen LogP) is 18.3. The molecule has 718 valence electrons. The summed E-state index contributed by atoms with van der Waals surface area (Å²) in [6.45, 7) is 24.4. The van der Waals surface area contributed by atoms with Gasteiger partial charge >= 0.3 is 87.6 Å². The topological polar surface area (TPSA) is 348 Å². The van der Waals surface area contributed by atoms with Gasteiger partial charge in [0.15, 0.2) is 17.6 Å². The van der Waals surface area contributed by atoms with Crippen molar-refractivity contribution in [1.82, 2.24) is 66.2 Å². The molecule has 131 heavy (non-hydrogen) atoms. The first-order chi connectivity index (χ1) is 60.0. The van der Waals surface area contributed by atoms with Crippen molar-refractivity contribution in [3.8, 4) is 0 Å². The third-order valence-corrected chi connectivity index (χ3v) is 24.5. The van der Waals surface area contributed by atoms with Crippen molar-refractivity contribution < 1.29 is 119 Å². The molecular weight excluding hydrogens is 2130 g/mol. The Morgan fingerprint density at radius 1 is 0.443 bits per heavy atom. The maximum Gasteiger partial charge on any atom is 1.00 e. The number of Topliss-reactive ketones (excluding diaryl/α,β-unsaturated/α-hetero) is 2. The predicted molar refractivity (Wildman–Crippen MR) is 553 cm³/mol. The van der Waals surface area contributed by atoms with Crippen LogP contribution in [0.3, 0.4) is 0 Å². The van der Waals surface area contributed by atoms with E-state index in [0.717, 1.165) is 64.1 Å². The maximum atomic E-state index is 14.1. The van der Waals surface area contributed by atoms with Crippen LogP contribution in [0.25, 0.3) is 0 Å². The first-order valence-electron chi connectivity index (χ1n) is 42.0. The van der Waals surface area contributed by atoms with Gasteiger partial charge in [-0.1, -0.05) is 178 Å². The number of carboxylic acid groups (broad SMARTS) is 1. The molecule has 0 saturated heterocycles. The van der Waals surface area contributed by atoms with Crippen LogP contribution in [-0.2, 0) is 91.9 Å². The van der Waals surface area contributed by atoms with Gasteiger partial charge in [-0.25, -0.2) is 43.7 Å². The third-order valence-electron chi connectivity index (χ3n) is 19.5. The van der Waals surface area contributed by atoms with E-state index in [2.05, 4.69) is 142 Å². The number of nitrogens with one attached hydrogen (secondary N) is 5. The molecule has 0 fully saturated rings. The van der Waals surface area contributed by atoms with Gasteiger partial charge in [-0.15, -0.1) is 80.7 Å². The minimum absolute atomic E-state index is 0. The van der Waals surface area contributed by atoms with Crippen molar-refractivity contribution in [3.63, 3.8) is 0 Å². The monoisotopic (exact) mass is 2260 g/mol. The second-order valence-corrected chi connectivity index (χ2v) is 38.3. The Morgan fingerprint density at radius 2 is 0.740 bits per heavy atom. The van der Waals surface area contributed by atoms with Crippen LogP contribution in [0.4, 0.5) is 24.0 Å². The SMILES string of the molecule is C.C.CC(C)c1nc(CN(C)C(=O)N[C@@H](CO)C(=O)C[C@H](CC[C@H](Cc2ccccc2)NC(=O)OCc2cncs2)Cc2ccccc2)cs1.CC(C)c1nc(CN(C)C(=O)N[C@@H](COC(C)(C)C)C(=O)C[C@H](CC[C@H](Cc2ccccc2)NC(=O)OCc2cncs2)Cc2ccccc2)cs1.CC(C)c1nc(CN(C)C(=O)N[C@@H](COC(C)(C)C)C(=O)O)cs1.I.II.[CH3-].[K+]. The number of urea groups is 3. The zero-order chi connectivity index (χ0) is 92.3. The Bertz CT molecular complexity index is 4670. The molecule has 5 aromatic heterocycles. The van der Waals surface area contributed by atoms with Gasteiger partial charge in [0.1, 0.15) is 25.3 Å². The summed E-state index contributed by atoms with van der Waals surface area (Å²) < 4.78 is 22.5. The molecule has 0 bridgehead atoms. The first kappa shape index (κ1) is 123. The minimum atomic E-state index is -1.13. The number of aliphatic hydroxyl groups excluding tert-OH is 1. The second kappa shape index (κ2) is 65.6. The number of aromatic nitrogens is 5. The molecule has 9 rings (SSSR count). The smallest absolute Gasteiger partial charge is 0.480 e. The Labute approximate surface area is 880 Å². The van der Waals surface area contributed by atoms with Gasteiger partial charge in [-0.3, -0.25) is 19.6 Å². The van der Waals surface area contributed by atoms with Gasteiger partial charge in [0.05, 0.1) is 104 Å². The second-order valence-electron chi connectivity index (χ2n) is 33.7. The summed E-state index contributed by atoms with van der Waals surface area (Å²) in [7, 11) is 4.95. The zero-order valence-corrected chi connectivity index (χ0v) is 91.0. The van der Waals surface area contributed by atoms with Crippen LogP contribution in [-0.4, -0.2) is 180 Å². The molecular formula is C95H137I3KN13O14S5. The summed E-state index contributed by atoms with van der Waals surface area (Å²) in [6, 6.07) is 35.2.